The lowest BCUT2D eigenvalue weighted by atomic mass is 10.1. The Morgan fingerprint density at radius 1 is 1.16 bits per heavy atom. The van der Waals surface area contributed by atoms with E-state index in [0.717, 1.165) is 11.6 Å². The summed E-state index contributed by atoms with van der Waals surface area (Å²) >= 11 is 0. The number of likely N-dealkylation sites (N-methyl/N-ethyl adjacent to an activating group) is 1. The Bertz CT molecular complexity index is 748. The van der Waals surface area contributed by atoms with Gasteiger partial charge in [0, 0.05) is 7.05 Å². The summed E-state index contributed by atoms with van der Waals surface area (Å²) in [6.07, 6.45) is 0. The van der Waals surface area contributed by atoms with Gasteiger partial charge >= 0.3 is 5.97 Å². The molecule has 0 saturated carbocycles. The third-order valence-corrected chi connectivity index (χ3v) is 3.97. The zero-order chi connectivity index (χ0) is 18.4. The van der Waals surface area contributed by atoms with Crippen LogP contribution in [-0.4, -0.2) is 37.5 Å². The fourth-order valence-electron chi connectivity index (χ4n) is 2.28. The topological polar surface area (TPSA) is 55.8 Å². The van der Waals surface area contributed by atoms with Gasteiger partial charge in [-0.3, -0.25) is 4.79 Å². The average molecular weight is 345 g/mol. The third kappa shape index (κ3) is 4.56. The van der Waals surface area contributed by atoms with Crippen LogP contribution < -0.4 is 4.74 Å². The fourth-order valence-corrected chi connectivity index (χ4v) is 2.28. The van der Waals surface area contributed by atoms with Gasteiger partial charge in [-0.15, -0.1) is 0 Å². The molecule has 0 aliphatic heterocycles. The number of methoxy groups -OCH3 is 1. The van der Waals surface area contributed by atoms with Crippen LogP contribution in [0.4, 0.5) is 4.39 Å². The first-order valence-corrected chi connectivity index (χ1v) is 7.75. The van der Waals surface area contributed by atoms with Crippen LogP contribution in [-0.2, 0) is 9.53 Å². The Morgan fingerprint density at radius 3 is 2.44 bits per heavy atom. The normalized spacial score (nSPS) is 11.5. The molecule has 0 bridgehead atoms. The maximum Gasteiger partial charge on any atom is 0.338 e. The maximum absolute atomic E-state index is 13.6. The molecule has 0 aromatic heterocycles. The predicted molar refractivity (Wildman–Crippen MR) is 90.9 cm³/mol. The molecular formula is C19H20FNO4. The Kier molecular flexibility index (Phi) is 6.11. The van der Waals surface area contributed by atoms with Crippen LogP contribution in [0.25, 0.3) is 0 Å². The predicted octanol–water partition coefficient (Wildman–Crippen LogP) is 3.21. The van der Waals surface area contributed by atoms with Crippen molar-refractivity contribution < 1.29 is 23.5 Å². The number of carbonyl (C=O) groups is 2. The van der Waals surface area contributed by atoms with Crippen LogP contribution in [0, 0.1) is 5.82 Å². The standard InChI is InChI=1S/C19H20FNO4/c1-13(14-7-5-4-6-8-14)21(2)18(22)12-25-19(23)15-9-10-17(24-3)16(20)11-15/h4-11,13H,12H2,1-3H3/t13-/m1/s1. The molecule has 1 atom stereocenters. The van der Waals surface area contributed by atoms with Gasteiger partial charge in [0.1, 0.15) is 0 Å². The summed E-state index contributed by atoms with van der Waals surface area (Å²) < 4.78 is 23.4. The van der Waals surface area contributed by atoms with Crippen molar-refractivity contribution in [1.82, 2.24) is 4.90 Å². The number of esters is 1. The molecule has 0 N–H and O–H groups in total. The molecule has 2 aromatic carbocycles. The highest BCUT2D eigenvalue weighted by Crippen LogP contribution is 2.19. The van der Waals surface area contributed by atoms with Crippen LogP contribution in [0.2, 0.25) is 0 Å². The molecule has 6 heteroatoms. The van der Waals surface area contributed by atoms with E-state index in [2.05, 4.69) is 0 Å². The summed E-state index contributed by atoms with van der Waals surface area (Å²) in [5, 5.41) is 0. The maximum atomic E-state index is 13.6. The van der Waals surface area contributed by atoms with E-state index in [9.17, 15) is 14.0 Å². The molecule has 5 nitrogen and oxygen atoms in total. The highest BCUT2D eigenvalue weighted by Gasteiger charge is 2.19. The van der Waals surface area contributed by atoms with Crippen LogP contribution in [0.1, 0.15) is 28.9 Å². The van der Waals surface area contributed by atoms with Crippen molar-refractivity contribution in [1.29, 1.82) is 0 Å². The van der Waals surface area contributed by atoms with Crippen LogP contribution >= 0.6 is 0 Å². The summed E-state index contributed by atoms with van der Waals surface area (Å²) in [5.41, 5.74) is 0.992. The van der Waals surface area contributed by atoms with Crippen LogP contribution in [0.15, 0.2) is 48.5 Å². The molecule has 0 unspecified atom stereocenters. The zero-order valence-corrected chi connectivity index (χ0v) is 14.4. The fraction of sp³-hybridized carbons (Fsp3) is 0.263. The number of hydrogen-bond donors (Lipinski definition) is 0. The van der Waals surface area contributed by atoms with Crippen molar-refractivity contribution in [2.45, 2.75) is 13.0 Å². The van der Waals surface area contributed by atoms with E-state index < -0.39 is 18.4 Å². The Morgan fingerprint density at radius 2 is 1.84 bits per heavy atom. The van der Waals surface area contributed by atoms with Crippen LogP contribution in [0.5, 0.6) is 5.75 Å². The number of carbonyl (C=O) groups excluding carboxylic acids is 2. The number of nitrogens with zero attached hydrogens (tertiary/aromatic N) is 1. The minimum atomic E-state index is -0.768. The molecule has 1 amide bonds. The van der Waals surface area contributed by atoms with Gasteiger partial charge in [-0.2, -0.15) is 0 Å². The van der Waals surface area contributed by atoms with Crippen molar-refractivity contribution in [3.63, 3.8) is 0 Å². The summed E-state index contributed by atoms with van der Waals surface area (Å²) in [6, 6.07) is 13.1. The second kappa shape index (κ2) is 8.28. The summed E-state index contributed by atoms with van der Waals surface area (Å²) in [7, 11) is 2.97. The first-order chi connectivity index (χ1) is 11.9. The summed E-state index contributed by atoms with van der Waals surface area (Å²) in [6.45, 7) is 1.47. The van der Waals surface area contributed by atoms with Crippen molar-refractivity contribution in [2.75, 3.05) is 20.8 Å². The molecule has 0 saturated heterocycles. The number of hydrogen-bond acceptors (Lipinski definition) is 4. The monoisotopic (exact) mass is 345 g/mol. The molecule has 0 aliphatic rings. The second-order valence-electron chi connectivity index (χ2n) is 5.52. The first kappa shape index (κ1) is 18.4. The zero-order valence-electron chi connectivity index (χ0n) is 14.4. The smallest absolute Gasteiger partial charge is 0.338 e. The second-order valence-corrected chi connectivity index (χ2v) is 5.52. The lowest BCUT2D eigenvalue weighted by molar-refractivity contribution is -0.135. The Hall–Kier alpha value is -2.89. The highest BCUT2D eigenvalue weighted by atomic mass is 19.1. The van der Waals surface area contributed by atoms with E-state index in [0.29, 0.717) is 0 Å². The van der Waals surface area contributed by atoms with Gasteiger partial charge in [-0.25, -0.2) is 9.18 Å². The number of ether oxygens (including phenoxy) is 2. The number of rotatable bonds is 6. The van der Waals surface area contributed by atoms with Crippen molar-refractivity contribution in [3.8, 4) is 5.75 Å². The van der Waals surface area contributed by atoms with Gasteiger partial charge in [0.15, 0.2) is 18.2 Å². The quantitative estimate of drug-likeness (QED) is 0.755. The lowest BCUT2D eigenvalue weighted by Crippen LogP contribution is -2.33. The third-order valence-electron chi connectivity index (χ3n) is 3.97. The molecule has 0 fully saturated rings. The van der Waals surface area contributed by atoms with E-state index in [1.165, 1.54) is 24.1 Å². The Balaban J connectivity index is 1.94. The van der Waals surface area contributed by atoms with E-state index >= 15 is 0 Å². The van der Waals surface area contributed by atoms with Crippen molar-refractivity contribution in [2.24, 2.45) is 0 Å². The number of benzene rings is 2. The molecular weight excluding hydrogens is 325 g/mol. The largest absolute Gasteiger partial charge is 0.494 e. The molecule has 25 heavy (non-hydrogen) atoms. The molecule has 132 valence electrons. The van der Waals surface area contributed by atoms with Gasteiger partial charge in [0.05, 0.1) is 18.7 Å². The first-order valence-electron chi connectivity index (χ1n) is 7.75. The summed E-state index contributed by atoms with van der Waals surface area (Å²) in [5.74, 6) is -1.75. The summed E-state index contributed by atoms with van der Waals surface area (Å²) in [4.78, 5) is 25.7. The van der Waals surface area contributed by atoms with E-state index in [4.69, 9.17) is 9.47 Å². The van der Waals surface area contributed by atoms with E-state index in [1.807, 2.05) is 37.3 Å². The van der Waals surface area contributed by atoms with Crippen molar-refractivity contribution >= 4 is 11.9 Å². The van der Waals surface area contributed by atoms with Gasteiger partial charge < -0.3 is 14.4 Å². The van der Waals surface area contributed by atoms with Crippen LogP contribution in [0.3, 0.4) is 0 Å². The van der Waals surface area contributed by atoms with Gasteiger partial charge in [-0.1, -0.05) is 30.3 Å². The molecule has 0 radical (unpaired) electrons. The van der Waals surface area contributed by atoms with Gasteiger partial charge in [0.25, 0.3) is 5.91 Å². The molecule has 0 aliphatic carbocycles. The van der Waals surface area contributed by atoms with Gasteiger partial charge in [-0.05, 0) is 30.7 Å². The molecule has 0 heterocycles. The molecule has 2 aromatic rings. The average Bonchev–Trinajstić information content (AvgIpc) is 2.65. The Labute approximate surface area is 146 Å². The van der Waals surface area contributed by atoms with Crippen molar-refractivity contribution in [3.05, 3.63) is 65.5 Å². The van der Waals surface area contributed by atoms with E-state index in [-0.39, 0.29) is 23.3 Å². The SMILES string of the molecule is COc1ccc(C(=O)OCC(=O)N(C)[C@H](C)c2ccccc2)cc1F. The number of halogens is 1. The lowest BCUT2D eigenvalue weighted by Gasteiger charge is -2.25. The minimum Gasteiger partial charge on any atom is -0.494 e. The van der Waals surface area contributed by atoms with Gasteiger partial charge in [0.2, 0.25) is 0 Å². The van der Waals surface area contributed by atoms with E-state index in [1.54, 1.807) is 7.05 Å². The molecule has 2 rings (SSSR count). The highest BCUT2D eigenvalue weighted by molar-refractivity contribution is 5.91. The number of amides is 1. The minimum absolute atomic E-state index is 0.0184. The molecule has 0 spiro atoms.